The number of aryl methyl sites for hydroxylation is 2. The van der Waals surface area contributed by atoms with Crippen molar-refractivity contribution in [1.82, 2.24) is 14.7 Å². The summed E-state index contributed by atoms with van der Waals surface area (Å²) in [7, 11) is 3.91. The summed E-state index contributed by atoms with van der Waals surface area (Å²) in [6.07, 6.45) is 3.35. The van der Waals surface area contributed by atoms with Crippen LogP contribution in [0.1, 0.15) is 18.1 Å². The van der Waals surface area contributed by atoms with E-state index in [1.807, 2.05) is 31.2 Å². The van der Waals surface area contributed by atoms with Gasteiger partial charge >= 0.3 is 0 Å². The molecule has 0 atom stereocenters. The second kappa shape index (κ2) is 10.2. The van der Waals surface area contributed by atoms with Crippen LogP contribution in [0.3, 0.4) is 0 Å². The number of nitrogens with one attached hydrogen (secondary N) is 1. The quantitative estimate of drug-likeness (QED) is 0.567. The number of anilines is 2. The molecule has 1 aliphatic rings. The van der Waals surface area contributed by atoms with E-state index in [9.17, 15) is 9.18 Å². The van der Waals surface area contributed by atoms with Crippen LogP contribution in [0.4, 0.5) is 15.8 Å². The number of aliphatic imine (C=N–C) groups is 1. The highest BCUT2D eigenvalue weighted by Gasteiger charge is 2.20. The van der Waals surface area contributed by atoms with E-state index in [1.165, 1.54) is 6.07 Å². The molecule has 0 bridgehead atoms. The third kappa shape index (κ3) is 5.17. The first-order valence-corrected chi connectivity index (χ1v) is 11.5. The average Bonchev–Trinajstić information content (AvgIpc) is 3.25. The fourth-order valence-corrected chi connectivity index (χ4v) is 4.16. The van der Waals surface area contributed by atoms with Gasteiger partial charge < -0.3 is 15.1 Å². The Hall–Kier alpha value is -3.52. The first kappa shape index (κ1) is 23.6. The molecule has 8 heteroatoms. The lowest BCUT2D eigenvalue weighted by Gasteiger charge is -2.34. The number of rotatable bonds is 6. The summed E-state index contributed by atoms with van der Waals surface area (Å²) in [6, 6.07) is 11.0. The van der Waals surface area contributed by atoms with E-state index in [0.29, 0.717) is 34.5 Å². The molecule has 178 valence electrons. The molecule has 7 nitrogen and oxygen atoms in total. The van der Waals surface area contributed by atoms with Crippen molar-refractivity contribution in [2.75, 3.05) is 50.0 Å². The Kier molecular flexibility index (Phi) is 7.07. The van der Waals surface area contributed by atoms with Gasteiger partial charge in [0, 0.05) is 74.0 Å². The van der Waals surface area contributed by atoms with Gasteiger partial charge in [0.2, 0.25) is 0 Å². The Morgan fingerprint density at radius 3 is 2.44 bits per heavy atom. The van der Waals surface area contributed by atoms with E-state index >= 15 is 0 Å². The number of piperazine rings is 1. The minimum Gasteiger partial charge on any atom is -0.369 e. The van der Waals surface area contributed by atoms with E-state index in [-0.39, 0.29) is 17.4 Å². The molecule has 1 amide bonds. The monoisotopic (exact) mass is 462 g/mol. The lowest BCUT2D eigenvalue weighted by Crippen LogP contribution is -2.44. The van der Waals surface area contributed by atoms with Crippen molar-refractivity contribution in [2.45, 2.75) is 13.8 Å². The van der Waals surface area contributed by atoms with Crippen LogP contribution in [0.25, 0.3) is 11.1 Å². The number of amides is 1. The first-order valence-electron chi connectivity index (χ1n) is 11.5. The van der Waals surface area contributed by atoms with Crippen LogP contribution in [0, 0.1) is 12.7 Å². The van der Waals surface area contributed by atoms with Crippen LogP contribution in [0.5, 0.6) is 0 Å². The van der Waals surface area contributed by atoms with Crippen LogP contribution in [0.2, 0.25) is 0 Å². The molecule has 1 aliphatic heterocycles. The molecule has 1 saturated heterocycles. The van der Waals surface area contributed by atoms with Gasteiger partial charge in [-0.05, 0) is 62.9 Å². The molecule has 2 aromatic carbocycles. The maximum absolute atomic E-state index is 14.8. The largest absolute Gasteiger partial charge is 0.369 e. The van der Waals surface area contributed by atoms with Crippen LogP contribution < -0.4 is 10.2 Å². The third-order valence-corrected chi connectivity index (χ3v) is 6.11. The SMILES string of the molecule is CC/N=C(/C(=O)Nc1ccc(N2CCN(C)CC2)cc1)c1cc(-c2cnn(C)c2)c(F)cc1C. The number of carbonyl (C=O) groups is 1. The summed E-state index contributed by atoms with van der Waals surface area (Å²) in [5.41, 5.74) is 4.42. The fraction of sp³-hybridized carbons (Fsp3) is 0.346. The average molecular weight is 463 g/mol. The summed E-state index contributed by atoms with van der Waals surface area (Å²) in [6.45, 7) is 8.13. The molecule has 1 aromatic heterocycles. The number of halogens is 1. The number of nitrogens with zero attached hydrogens (tertiary/aromatic N) is 5. The fourth-order valence-electron chi connectivity index (χ4n) is 4.16. The summed E-state index contributed by atoms with van der Waals surface area (Å²) < 4.78 is 16.4. The van der Waals surface area contributed by atoms with Crippen LogP contribution in [0.15, 0.2) is 53.8 Å². The van der Waals surface area contributed by atoms with Crippen LogP contribution >= 0.6 is 0 Å². The van der Waals surface area contributed by atoms with E-state index in [2.05, 4.69) is 32.3 Å². The van der Waals surface area contributed by atoms with E-state index in [4.69, 9.17) is 0 Å². The summed E-state index contributed by atoms with van der Waals surface area (Å²) >= 11 is 0. The molecular formula is C26H31FN6O. The zero-order valence-corrected chi connectivity index (χ0v) is 20.2. The van der Waals surface area contributed by atoms with Gasteiger partial charge in [-0.15, -0.1) is 0 Å². The first-order chi connectivity index (χ1) is 16.4. The topological polar surface area (TPSA) is 65.8 Å². The maximum atomic E-state index is 14.8. The molecule has 2 heterocycles. The number of hydrogen-bond acceptors (Lipinski definition) is 5. The third-order valence-electron chi connectivity index (χ3n) is 6.11. The van der Waals surface area contributed by atoms with Gasteiger partial charge in [0.1, 0.15) is 11.5 Å². The summed E-state index contributed by atoms with van der Waals surface area (Å²) in [5, 5.41) is 7.10. The van der Waals surface area contributed by atoms with Crippen molar-refractivity contribution >= 4 is 23.0 Å². The Morgan fingerprint density at radius 2 is 1.82 bits per heavy atom. The van der Waals surface area contributed by atoms with E-state index < -0.39 is 0 Å². The molecular weight excluding hydrogens is 431 g/mol. The highest BCUT2D eigenvalue weighted by Crippen LogP contribution is 2.27. The Labute approximate surface area is 199 Å². The van der Waals surface area contributed by atoms with Gasteiger partial charge in [0.15, 0.2) is 0 Å². The van der Waals surface area contributed by atoms with Crippen LogP contribution in [-0.4, -0.2) is 66.1 Å². The Bertz CT molecular complexity index is 1190. The Balaban J connectivity index is 1.56. The molecule has 0 saturated carbocycles. The molecule has 0 aliphatic carbocycles. The predicted octanol–water partition coefficient (Wildman–Crippen LogP) is 3.73. The molecule has 0 radical (unpaired) electrons. The maximum Gasteiger partial charge on any atom is 0.274 e. The number of benzene rings is 2. The van der Waals surface area contributed by atoms with Gasteiger partial charge in [-0.25, -0.2) is 4.39 Å². The summed E-state index contributed by atoms with van der Waals surface area (Å²) in [5.74, 6) is -0.675. The van der Waals surface area contributed by atoms with E-state index in [0.717, 1.165) is 31.9 Å². The van der Waals surface area contributed by atoms with Crippen molar-refractivity contribution in [2.24, 2.45) is 12.0 Å². The van der Waals surface area contributed by atoms with Gasteiger partial charge in [0.05, 0.1) is 6.20 Å². The Morgan fingerprint density at radius 1 is 1.12 bits per heavy atom. The standard InChI is InChI=1S/C26H31FN6O/c1-5-28-25(22-15-23(24(27)14-18(22)2)19-16-29-32(4)17-19)26(34)30-20-6-8-21(9-7-20)33-12-10-31(3)11-13-33/h6-9,14-17H,5,10-13H2,1-4H3,(H,30,34)/b28-25+. The lowest BCUT2D eigenvalue weighted by atomic mass is 9.97. The van der Waals surface area contributed by atoms with Crippen molar-refractivity contribution in [3.8, 4) is 11.1 Å². The molecule has 1 N–H and O–H groups in total. The lowest BCUT2D eigenvalue weighted by molar-refractivity contribution is -0.110. The highest BCUT2D eigenvalue weighted by atomic mass is 19.1. The molecule has 34 heavy (non-hydrogen) atoms. The normalized spacial score (nSPS) is 15.0. The number of likely N-dealkylation sites (N-methyl/N-ethyl adjacent to an activating group) is 1. The second-order valence-electron chi connectivity index (χ2n) is 8.66. The van der Waals surface area contributed by atoms with E-state index in [1.54, 1.807) is 37.1 Å². The van der Waals surface area contributed by atoms with Gasteiger partial charge in [-0.2, -0.15) is 5.10 Å². The molecule has 4 rings (SSSR count). The molecule has 1 fully saturated rings. The van der Waals surface area contributed by atoms with Crippen molar-refractivity contribution in [3.05, 3.63) is 65.7 Å². The highest BCUT2D eigenvalue weighted by molar-refractivity contribution is 6.49. The molecule has 0 unspecified atom stereocenters. The summed E-state index contributed by atoms with van der Waals surface area (Å²) in [4.78, 5) is 22.4. The van der Waals surface area contributed by atoms with Gasteiger partial charge in [-0.1, -0.05) is 0 Å². The van der Waals surface area contributed by atoms with Crippen molar-refractivity contribution < 1.29 is 9.18 Å². The van der Waals surface area contributed by atoms with Crippen molar-refractivity contribution in [1.29, 1.82) is 0 Å². The minimum absolute atomic E-state index is 0.285. The molecule has 0 spiro atoms. The number of hydrogen-bond donors (Lipinski definition) is 1. The number of aromatic nitrogens is 2. The minimum atomic E-state index is -0.356. The van der Waals surface area contributed by atoms with Gasteiger partial charge in [-0.3, -0.25) is 14.5 Å². The number of carbonyl (C=O) groups excluding carboxylic acids is 1. The van der Waals surface area contributed by atoms with Crippen LogP contribution in [-0.2, 0) is 11.8 Å². The second-order valence-corrected chi connectivity index (χ2v) is 8.66. The van der Waals surface area contributed by atoms with Crippen molar-refractivity contribution in [3.63, 3.8) is 0 Å². The zero-order valence-electron chi connectivity index (χ0n) is 20.2. The smallest absolute Gasteiger partial charge is 0.274 e. The molecule has 3 aromatic rings. The van der Waals surface area contributed by atoms with Gasteiger partial charge in [0.25, 0.3) is 5.91 Å². The zero-order chi connectivity index (χ0) is 24.2. The predicted molar refractivity (Wildman–Crippen MR) is 135 cm³/mol.